The van der Waals surface area contributed by atoms with Gasteiger partial charge in [0.15, 0.2) is 5.78 Å². The minimum absolute atomic E-state index is 0.00677. The quantitative estimate of drug-likeness (QED) is 0.810. The number of benzene rings is 1. The molecule has 0 aliphatic carbocycles. The Morgan fingerprint density at radius 3 is 2.68 bits per heavy atom. The number of Topliss-reactive ketones (excluding diaryl/α,β-unsaturated/α-hetero) is 1. The highest BCUT2D eigenvalue weighted by atomic mass is 32.1. The Kier molecular flexibility index (Phi) is 4.34. The Bertz CT molecular complexity index is 693. The predicted molar refractivity (Wildman–Crippen MR) is 83.4 cm³/mol. The summed E-state index contributed by atoms with van der Waals surface area (Å²) in [5.41, 5.74) is 1.67. The van der Waals surface area contributed by atoms with Crippen molar-refractivity contribution in [3.05, 3.63) is 57.5 Å². The van der Waals surface area contributed by atoms with Crippen LogP contribution in [0.2, 0.25) is 0 Å². The molecule has 0 radical (unpaired) electrons. The molecule has 1 aliphatic heterocycles. The standard InChI is InChI=1S/C17H16FNO2S/c18-14-3-1-12(2-4-14)15(20)5-6-17(21)19-9-7-16-13(11-19)8-10-22-16/h1-4,8,10H,5-7,9,11H2. The lowest BCUT2D eigenvalue weighted by molar-refractivity contribution is -0.132. The smallest absolute Gasteiger partial charge is 0.223 e. The summed E-state index contributed by atoms with van der Waals surface area (Å²) in [7, 11) is 0. The van der Waals surface area contributed by atoms with E-state index >= 15 is 0 Å². The van der Waals surface area contributed by atoms with Crippen LogP contribution in [0.15, 0.2) is 35.7 Å². The van der Waals surface area contributed by atoms with Gasteiger partial charge in [0.25, 0.3) is 0 Å². The molecular formula is C17H16FNO2S. The molecule has 1 aromatic carbocycles. The molecular weight excluding hydrogens is 301 g/mol. The first-order chi connectivity index (χ1) is 10.6. The first-order valence-corrected chi connectivity index (χ1v) is 8.13. The number of hydrogen-bond donors (Lipinski definition) is 0. The zero-order valence-corrected chi connectivity index (χ0v) is 12.9. The minimum Gasteiger partial charge on any atom is -0.338 e. The molecule has 0 spiro atoms. The molecule has 0 N–H and O–H groups in total. The van der Waals surface area contributed by atoms with Crippen LogP contribution in [-0.4, -0.2) is 23.1 Å². The van der Waals surface area contributed by atoms with Crippen molar-refractivity contribution in [3.63, 3.8) is 0 Å². The number of halogens is 1. The van der Waals surface area contributed by atoms with Crippen molar-refractivity contribution in [3.8, 4) is 0 Å². The van der Waals surface area contributed by atoms with E-state index in [2.05, 4.69) is 11.4 Å². The SMILES string of the molecule is O=C(CCC(=O)N1CCc2sccc2C1)c1ccc(F)cc1. The number of rotatable bonds is 4. The minimum atomic E-state index is -0.368. The molecule has 1 aromatic heterocycles. The maximum Gasteiger partial charge on any atom is 0.223 e. The van der Waals surface area contributed by atoms with Crippen molar-refractivity contribution in [1.29, 1.82) is 0 Å². The molecule has 114 valence electrons. The van der Waals surface area contributed by atoms with Crippen molar-refractivity contribution < 1.29 is 14.0 Å². The maximum absolute atomic E-state index is 12.8. The van der Waals surface area contributed by atoms with Crippen LogP contribution < -0.4 is 0 Å². The van der Waals surface area contributed by atoms with E-state index in [9.17, 15) is 14.0 Å². The van der Waals surface area contributed by atoms with Crippen LogP contribution >= 0.6 is 11.3 Å². The van der Waals surface area contributed by atoms with E-state index in [4.69, 9.17) is 0 Å². The number of ketones is 1. The van der Waals surface area contributed by atoms with Gasteiger partial charge in [-0.1, -0.05) is 0 Å². The van der Waals surface area contributed by atoms with Crippen molar-refractivity contribution in [1.82, 2.24) is 4.90 Å². The third-order valence-corrected chi connectivity index (χ3v) is 4.92. The normalized spacial score (nSPS) is 13.8. The van der Waals surface area contributed by atoms with E-state index in [0.717, 1.165) is 13.0 Å². The van der Waals surface area contributed by atoms with Crippen LogP contribution in [0.3, 0.4) is 0 Å². The van der Waals surface area contributed by atoms with E-state index < -0.39 is 0 Å². The van der Waals surface area contributed by atoms with Gasteiger partial charge < -0.3 is 4.90 Å². The van der Waals surface area contributed by atoms with E-state index in [0.29, 0.717) is 12.1 Å². The predicted octanol–water partition coefficient (Wildman–Crippen LogP) is 3.44. The van der Waals surface area contributed by atoms with Crippen molar-refractivity contribution in [2.45, 2.75) is 25.8 Å². The van der Waals surface area contributed by atoms with Gasteiger partial charge in [0.2, 0.25) is 5.91 Å². The van der Waals surface area contributed by atoms with Gasteiger partial charge >= 0.3 is 0 Å². The molecule has 2 heterocycles. The van der Waals surface area contributed by atoms with Crippen LogP contribution in [-0.2, 0) is 17.8 Å². The fraction of sp³-hybridized carbons (Fsp3) is 0.294. The number of hydrogen-bond acceptors (Lipinski definition) is 3. The fourth-order valence-electron chi connectivity index (χ4n) is 2.62. The molecule has 0 fully saturated rings. The van der Waals surface area contributed by atoms with Crippen molar-refractivity contribution in [2.75, 3.05) is 6.54 Å². The lowest BCUT2D eigenvalue weighted by Gasteiger charge is -2.27. The van der Waals surface area contributed by atoms with Gasteiger partial charge in [-0.15, -0.1) is 11.3 Å². The zero-order valence-electron chi connectivity index (χ0n) is 12.0. The van der Waals surface area contributed by atoms with Gasteiger partial charge in [0.05, 0.1) is 0 Å². The fourth-order valence-corrected chi connectivity index (χ4v) is 3.51. The van der Waals surface area contributed by atoms with Gasteiger partial charge in [-0.2, -0.15) is 0 Å². The topological polar surface area (TPSA) is 37.4 Å². The molecule has 5 heteroatoms. The van der Waals surface area contributed by atoms with Gasteiger partial charge in [-0.25, -0.2) is 4.39 Å². The molecule has 22 heavy (non-hydrogen) atoms. The van der Waals surface area contributed by atoms with Crippen LogP contribution in [0.5, 0.6) is 0 Å². The summed E-state index contributed by atoms with van der Waals surface area (Å²) in [6, 6.07) is 7.50. The molecule has 0 saturated carbocycles. The number of thiophene rings is 1. The highest BCUT2D eigenvalue weighted by Crippen LogP contribution is 2.24. The lowest BCUT2D eigenvalue weighted by Crippen LogP contribution is -2.35. The van der Waals surface area contributed by atoms with Gasteiger partial charge in [-0.05, 0) is 47.7 Å². The Morgan fingerprint density at radius 2 is 1.91 bits per heavy atom. The molecule has 2 aromatic rings. The van der Waals surface area contributed by atoms with E-state index in [1.54, 1.807) is 11.3 Å². The molecule has 0 bridgehead atoms. The molecule has 3 rings (SSSR count). The second-order valence-corrected chi connectivity index (χ2v) is 6.37. The second-order valence-electron chi connectivity index (χ2n) is 5.36. The molecule has 1 aliphatic rings. The third-order valence-electron chi connectivity index (χ3n) is 3.89. The van der Waals surface area contributed by atoms with Gasteiger partial charge in [0.1, 0.15) is 5.82 Å². The Morgan fingerprint density at radius 1 is 1.14 bits per heavy atom. The second kappa shape index (κ2) is 6.40. The van der Waals surface area contributed by atoms with E-state index in [-0.39, 0.29) is 30.3 Å². The van der Waals surface area contributed by atoms with Crippen molar-refractivity contribution in [2.24, 2.45) is 0 Å². The molecule has 0 saturated heterocycles. The zero-order chi connectivity index (χ0) is 15.5. The van der Waals surface area contributed by atoms with Crippen LogP contribution in [0.4, 0.5) is 4.39 Å². The number of fused-ring (bicyclic) bond motifs is 1. The van der Waals surface area contributed by atoms with E-state index in [1.165, 1.54) is 34.7 Å². The van der Waals surface area contributed by atoms with Gasteiger partial charge in [-0.3, -0.25) is 9.59 Å². The molecule has 3 nitrogen and oxygen atoms in total. The lowest BCUT2D eigenvalue weighted by atomic mass is 10.0. The summed E-state index contributed by atoms with van der Waals surface area (Å²) in [6.45, 7) is 1.36. The first kappa shape index (κ1) is 14.9. The highest BCUT2D eigenvalue weighted by molar-refractivity contribution is 7.10. The third kappa shape index (κ3) is 3.25. The van der Waals surface area contributed by atoms with Gasteiger partial charge in [0, 0.05) is 36.4 Å². The van der Waals surface area contributed by atoms with Crippen molar-refractivity contribution >= 4 is 23.0 Å². The highest BCUT2D eigenvalue weighted by Gasteiger charge is 2.21. The largest absolute Gasteiger partial charge is 0.338 e. The Labute approximate surface area is 132 Å². The Hall–Kier alpha value is -2.01. The summed E-state index contributed by atoms with van der Waals surface area (Å²) >= 11 is 1.73. The number of carbonyl (C=O) groups is 2. The van der Waals surface area contributed by atoms with E-state index in [1.807, 2.05) is 4.90 Å². The number of carbonyl (C=O) groups excluding carboxylic acids is 2. The Balaban J connectivity index is 1.54. The average molecular weight is 317 g/mol. The molecule has 1 amide bonds. The first-order valence-electron chi connectivity index (χ1n) is 7.25. The summed E-state index contributed by atoms with van der Waals surface area (Å²) in [5.74, 6) is -0.485. The maximum atomic E-state index is 12.8. The molecule has 0 atom stereocenters. The van der Waals surface area contributed by atoms with Crippen LogP contribution in [0.25, 0.3) is 0 Å². The summed E-state index contributed by atoms with van der Waals surface area (Å²) in [5, 5.41) is 2.05. The number of nitrogens with zero attached hydrogens (tertiary/aromatic N) is 1. The van der Waals surface area contributed by atoms with Crippen LogP contribution in [0.1, 0.15) is 33.6 Å². The monoisotopic (exact) mass is 317 g/mol. The number of amides is 1. The summed E-state index contributed by atoms with van der Waals surface area (Å²) in [4.78, 5) is 27.4. The van der Waals surface area contributed by atoms with Crippen LogP contribution in [0, 0.1) is 5.82 Å². The summed E-state index contributed by atoms with van der Waals surface area (Å²) < 4.78 is 12.8. The molecule has 0 unspecified atom stereocenters. The average Bonchev–Trinajstić information content (AvgIpc) is 3.00. The summed E-state index contributed by atoms with van der Waals surface area (Å²) in [6.07, 6.45) is 1.26.